The molecule has 0 spiro atoms. The van der Waals surface area contributed by atoms with Gasteiger partial charge in [0.15, 0.2) is 0 Å². The third-order valence-electron chi connectivity index (χ3n) is 5.51. The molecule has 0 aromatic heterocycles. The summed E-state index contributed by atoms with van der Waals surface area (Å²) in [4.78, 5) is 22.9. The van der Waals surface area contributed by atoms with Crippen LogP contribution in [0, 0.1) is 23.7 Å². The molecular weight excluding hydrogens is 252 g/mol. The molecule has 2 rings (SSSR count). The Balaban J connectivity index is 1.82. The van der Waals surface area contributed by atoms with Gasteiger partial charge in [0, 0.05) is 5.92 Å². The van der Waals surface area contributed by atoms with Crippen LogP contribution >= 0.6 is 0 Å². The van der Waals surface area contributed by atoms with Gasteiger partial charge in [0.1, 0.15) is 5.78 Å². The van der Waals surface area contributed by atoms with E-state index in [1.165, 1.54) is 44.9 Å². The van der Waals surface area contributed by atoms with E-state index < -0.39 is 11.9 Å². The van der Waals surface area contributed by atoms with Gasteiger partial charge in [0.2, 0.25) is 0 Å². The fourth-order valence-corrected chi connectivity index (χ4v) is 4.23. The Morgan fingerprint density at radius 1 is 0.900 bits per heavy atom. The first-order chi connectivity index (χ1) is 9.58. The molecule has 0 aliphatic heterocycles. The van der Waals surface area contributed by atoms with Crippen molar-refractivity contribution in [2.45, 2.75) is 71.1 Å². The van der Waals surface area contributed by atoms with Crippen LogP contribution in [0.3, 0.4) is 0 Å². The van der Waals surface area contributed by atoms with Crippen LogP contribution in [0.15, 0.2) is 0 Å². The number of Topliss-reactive ketones (excluding diaryl/α,β-unsaturated/α-hetero) is 1. The lowest BCUT2D eigenvalue weighted by atomic mass is 9.70. The number of ketones is 1. The van der Waals surface area contributed by atoms with E-state index in [1.54, 1.807) is 6.92 Å². The number of carboxylic acid groups (broad SMARTS) is 1. The smallest absolute Gasteiger partial charge is 0.307 e. The van der Waals surface area contributed by atoms with Crippen molar-refractivity contribution in [3.8, 4) is 0 Å². The Bertz CT molecular complexity index is 344. The number of rotatable bonds is 5. The van der Waals surface area contributed by atoms with Crippen LogP contribution in [0.25, 0.3) is 0 Å². The number of carbonyl (C=O) groups excluding carboxylic acids is 1. The van der Waals surface area contributed by atoms with Crippen LogP contribution in [-0.2, 0) is 9.59 Å². The first-order valence-electron chi connectivity index (χ1n) is 8.31. The summed E-state index contributed by atoms with van der Waals surface area (Å²) >= 11 is 0. The zero-order valence-corrected chi connectivity index (χ0v) is 12.6. The van der Waals surface area contributed by atoms with Crippen molar-refractivity contribution in [2.75, 3.05) is 0 Å². The molecule has 0 aromatic rings. The molecule has 0 aromatic carbocycles. The summed E-state index contributed by atoms with van der Waals surface area (Å²) < 4.78 is 0. The van der Waals surface area contributed by atoms with Crippen molar-refractivity contribution in [1.29, 1.82) is 0 Å². The second-order valence-corrected chi connectivity index (χ2v) is 6.92. The Morgan fingerprint density at radius 3 is 2.15 bits per heavy atom. The average molecular weight is 280 g/mol. The lowest BCUT2D eigenvalue weighted by molar-refractivity contribution is -0.149. The van der Waals surface area contributed by atoms with Gasteiger partial charge < -0.3 is 5.11 Å². The predicted molar refractivity (Wildman–Crippen MR) is 78.4 cm³/mol. The minimum absolute atomic E-state index is 0.0585. The highest BCUT2D eigenvalue weighted by Gasteiger charge is 2.37. The SMILES string of the molecule is CC(=O)C1CCC(CCC2CCCCC2)CC1C(=O)O. The molecule has 2 aliphatic carbocycles. The molecule has 3 heteroatoms. The number of hydrogen-bond donors (Lipinski definition) is 1. The number of aliphatic carboxylic acids is 1. The fourth-order valence-electron chi connectivity index (χ4n) is 4.23. The van der Waals surface area contributed by atoms with Crippen LogP contribution in [-0.4, -0.2) is 16.9 Å². The summed E-state index contributed by atoms with van der Waals surface area (Å²) in [7, 11) is 0. The molecule has 114 valence electrons. The maximum Gasteiger partial charge on any atom is 0.307 e. The molecule has 20 heavy (non-hydrogen) atoms. The van der Waals surface area contributed by atoms with Gasteiger partial charge in [-0.15, -0.1) is 0 Å². The van der Waals surface area contributed by atoms with E-state index >= 15 is 0 Å². The number of carbonyl (C=O) groups is 2. The second-order valence-electron chi connectivity index (χ2n) is 6.92. The third-order valence-corrected chi connectivity index (χ3v) is 5.51. The van der Waals surface area contributed by atoms with E-state index in [0.29, 0.717) is 12.3 Å². The highest BCUT2D eigenvalue weighted by atomic mass is 16.4. The van der Waals surface area contributed by atoms with Crippen molar-refractivity contribution in [3.63, 3.8) is 0 Å². The normalized spacial score (nSPS) is 31.9. The standard InChI is InChI=1S/C17H28O3/c1-12(18)15-10-9-14(11-16(15)17(19)20)8-7-13-5-3-2-4-6-13/h13-16H,2-11H2,1H3,(H,19,20). The Hall–Kier alpha value is -0.860. The van der Waals surface area contributed by atoms with Crippen LogP contribution in [0.1, 0.15) is 71.1 Å². The lowest BCUT2D eigenvalue weighted by Crippen LogP contribution is -2.34. The van der Waals surface area contributed by atoms with Gasteiger partial charge in [0.05, 0.1) is 5.92 Å². The van der Waals surface area contributed by atoms with Crippen molar-refractivity contribution in [3.05, 3.63) is 0 Å². The Kier molecular flexibility index (Phi) is 5.62. The van der Waals surface area contributed by atoms with Crippen molar-refractivity contribution < 1.29 is 14.7 Å². The van der Waals surface area contributed by atoms with Crippen LogP contribution in [0.4, 0.5) is 0 Å². The van der Waals surface area contributed by atoms with Gasteiger partial charge in [-0.2, -0.15) is 0 Å². The zero-order chi connectivity index (χ0) is 14.5. The summed E-state index contributed by atoms with van der Waals surface area (Å²) in [6, 6.07) is 0. The molecule has 0 bridgehead atoms. The van der Waals surface area contributed by atoms with Crippen molar-refractivity contribution in [1.82, 2.24) is 0 Å². The minimum atomic E-state index is -0.771. The first kappa shape index (κ1) is 15.5. The van der Waals surface area contributed by atoms with Crippen LogP contribution in [0.5, 0.6) is 0 Å². The van der Waals surface area contributed by atoms with Gasteiger partial charge in [0.25, 0.3) is 0 Å². The average Bonchev–Trinajstić information content (AvgIpc) is 2.45. The van der Waals surface area contributed by atoms with Crippen LogP contribution in [0.2, 0.25) is 0 Å². The first-order valence-corrected chi connectivity index (χ1v) is 8.31. The van der Waals surface area contributed by atoms with Gasteiger partial charge >= 0.3 is 5.97 Å². The molecule has 3 nitrogen and oxygen atoms in total. The maximum atomic E-state index is 11.6. The summed E-state index contributed by atoms with van der Waals surface area (Å²) in [6.45, 7) is 1.54. The minimum Gasteiger partial charge on any atom is -0.481 e. The molecule has 0 saturated heterocycles. The molecule has 3 unspecified atom stereocenters. The summed E-state index contributed by atoms with van der Waals surface area (Å²) in [5.74, 6) is 0.0120. The van der Waals surface area contributed by atoms with E-state index in [-0.39, 0.29) is 11.7 Å². The Labute approximate surface area is 122 Å². The molecular formula is C17H28O3. The molecule has 3 atom stereocenters. The van der Waals surface area contributed by atoms with Gasteiger partial charge in [-0.3, -0.25) is 9.59 Å². The maximum absolute atomic E-state index is 11.6. The second kappa shape index (κ2) is 7.24. The molecule has 2 aliphatic rings. The third kappa shape index (κ3) is 4.07. The number of carboxylic acids is 1. The van der Waals surface area contributed by atoms with Crippen molar-refractivity contribution >= 4 is 11.8 Å². The van der Waals surface area contributed by atoms with Gasteiger partial charge in [-0.1, -0.05) is 44.9 Å². The van der Waals surface area contributed by atoms with Crippen molar-refractivity contribution in [2.24, 2.45) is 23.7 Å². The summed E-state index contributed by atoms with van der Waals surface area (Å²) in [5.41, 5.74) is 0. The fraction of sp³-hybridized carbons (Fsp3) is 0.882. The van der Waals surface area contributed by atoms with E-state index in [1.807, 2.05) is 0 Å². The molecule has 0 amide bonds. The van der Waals surface area contributed by atoms with E-state index in [9.17, 15) is 14.7 Å². The lowest BCUT2D eigenvalue weighted by Gasteiger charge is -2.33. The largest absolute Gasteiger partial charge is 0.481 e. The quantitative estimate of drug-likeness (QED) is 0.826. The summed E-state index contributed by atoms with van der Waals surface area (Å²) in [5, 5.41) is 9.34. The highest BCUT2D eigenvalue weighted by molar-refractivity contribution is 5.84. The monoisotopic (exact) mass is 280 g/mol. The zero-order valence-electron chi connectivity index (χ0n) is 12.6. The highest BCUT2D eigenvalue weighted by Crippen LogP contribution is 2.38. The molecule has 0 radical (unpaired) electrons. The molecule has 2 fully saturated rings. The summed E-state index contributed by atoms with van der Waals surface area (Å²) in [6.07, 6.45) is 11.8. The van der Waals surface area contributed by atoms with E-state index in [2.05, 4.69) is 0 Å². The van der Waals surface area contributed by atoms with Gasteiger partial charge in [-0.25, -0.2) is 0 Å². The molecule has 2 saturated carbocycles. The van der Waals surface area contributed by atoms with Crippen LogP contribution < -0.4 is 0 Å². The molecule has 1 N–H and O–H groups in total. The van der Waals surface area contributed by atoms with Gasteiger partial charge in [-0.05, 0) is 38.0 Å². The Morgan fingerprint density at radius 2 is 1.55 bits per heavy atom. The van der Waals surface area contributed by atoms with E-state index in [0.717, 1.165) is 18.8 Å². The van der Waals surface area contributed by atoms with E-state index in [4.69, 9.17) is 0 Å². The molecule has 0 heterocycles. The predicted octanol–water partition coefficient (Wildman–Crippen LogP) is 4.05. The topological polar surface area (TPSA) is 54.4 Å². The number of hydrogen-bond acceptors (Lipinski definition) is 2.